The summed E-state index contributed by atoms with van der Waals surface area (Å²) in [6.07, 6.45) is -10.7. The van der Waals surface area contributed by atoms with Crippen LogP contribution in [0.1, 0.15) is 5.56 Å². The smallest absolute Gasteiger partial charge is 0.192 e. The van der Waals surface area contributed by atoms with Gasteiger partial charge in [-0.2, -0.15) is 0 Å². The molecule has 7 N–H and O–H groups in total. The van der Waals surface area contributed by atoms with Crippen molar-refractivity contribution in [3.63, 3.8) is 0 Å². The lowest BCUT2D eigenvalue weighted by atomic mass is 10.0. The lowest BCUT2D eigenvalue weighted by Crippen LogP contribution is -2.60. The molecule has 0 spiro atoms. The van der Waals surface area contributed by atoms with Crippen LogP contribution in [0.4, 0.5) is 0 Å². The molecule has 1 aromatic rings. The number of ether oxygens (including phenoxy) is 5. The highest BCUT2D eigenvalue weighted by Crippen LogP contribution is 2.30. The van der Waals surface area contributed by atoms with Crippen molar-refractivity contribution in [2.45, 2.75) is 55.3 Å². The maximum absolute atomic E-state index is 10.2. The summed E-state index contributed by atoms with van der Waals surface area (Å²) in [7, 11) is 1.42. The van der Waals surface area contributed by atoms with E-state index in [2.05, 4.69) is 0 Å². The number of benzene rings is 1. The van der Waals surface area contributed by atoms with Crippen LogP contribution < -0.4 is 4.74 Å². The first-order valence-corrected chi connectivity index (χ1v) is 9.65. The Hall–Kier alpha value is -1.58. The first kappa shape index (κ1) is 24.1. The summed E-state index contributed by atoms with van der Waals surface area (Å²) in [6, 6.07) is 4.73. The third kappa shape index (κ3) is 5.09. The average molecular weight is 448 g/mol. The summed E-state index contributed by atoms with van der Waals surface area (Å²) in [4.78, 5) is 0. The van der Waals surface area contributed by atoms with Crippen molar-refractivity contribution in [3.8, 4) is 11.5 Å². The number of rotatable bonds is 8. The van der Waals surface area contributed by atoms with E-state index in [-0.39, 0.29) is 18.1 Å². The number of phenols is 1. The lowest BCUT2D eigenvalue weighted by Gasteiger charge is -2.40. The van der Waals surface area contributed by atoms with Crippen molar-refractivity contribution >= 4 is 0 Å². The standard InChI is InChI=1S/C19H28O12/c1-27-11-6-9(2-3-10(11)21)4-5-28-16-13(23)12(22)14(24)17(30-16)31-18-15(25)19(26,7-20)8-29-18/h2-3,6,12-18,20-26H,4-5,7-8H2,1H3. The molecule has 8 unspecified atom stereocenters. The van der Waals surface area contributed by atoms with Gasteiger partial charge in [0.1, 0.15) is 30.0 Å². The second-order valence-corrected chi connectivity index (χ2v) is 7.49. The second kappa shape index (κ2) is 9.92. The van der Waals surface area contributed by atoms with E-state index in [1.807, 2.05) is 0 Å². The molecule has 31 heavy (non-hydrogen) atoms. The Kier molecular flexibility index (Phi) is 7.70. The van der Waals surface area contributed by atoms with Crippen LogP contribution in [-0.4, -0.2) is 112 Å². The molecule has 176 valence electrons. The first-order valence-electron chi connectivity index (χ1n) is 9.65. The summed E-state index contributed by atoms with van der Waals surface area (Å²) in [6.45, 7) is -1.16. The molecule has 2 saturated heterocycles. The molecular formula is C19H28O12. The zero-order valence-electron chi connectivity index (χ0n) is 16.8. The monoisotopic (exact) mass is 448 g/mol. The van der Waals surface area contributed by atoms with Gasteiger partial charge in [-0.05, 0) is 24.1 Å². The molecule has 0 aliphatic carbocycles. The Morgan fingerprint density at radius 2 is 1.77 bits per heavy atom. The van der Waals surface area contributed by atoms with Crippen LogP contribution in [0.25, 0.3) is 0 Å². The molecule has 1 aromatic carbocycles. The van der Waals surface area contributed by atoms with E-state index >= 15 is 0 Å². The summed E-state index contributed by atoms with van der Waals surface area (Å²) < 4.78 is 26.3. The average Bonchev–Trinajstić information content (AvgIpc) is 3.05. The van der Waals surface area contributed by atoms with E-state index in [0.29, 0.717) is 6.42 Å². The third-order valence-electron chi connectivity index (χ3n) is 5.29. The fourth-order valence-electron chi connectivity index (χ4n) is 3.28. The van der Waals surface area contributed by atoms with Gasteiger partial charge in [0, 0.05) is 0 Å². The number of aliphatic hydroxyl groups is 6. The quantitative estimate of drug-likeness (QED) is 0.216. The van der Waals surface area contributed by atoms with Crippen LogP contribution in [0.3, 0.4) is 0 Å². The SMILES string of the molecule is COc1cc(CCOC2OC(OC3OCC(O)(CO)C3O)C(O)C(O)C2O)ccc1O. The van der Waals surface area contributed by atoms with Gasteiger partial charge in [0.15, 0.2) is 30.4 Å². The van der Waals surface area contributed by atoms with Crippen LogP contribution in [0.5, 0.6) is 11.5 Å². The zero-order valence-corrected chi connectivity index (χ0v) is 16.8. The Morgan fingerprint density at radius 3 is 2.42 bits per heavy atom. The fraction of sp³-hybridized carbons (Fsp3) is 0.684. The van der Waals surface area contributed by atoms with Gasteiger partial charge in [-0.3, -0.25) is 0 Å². The largest absolute Gasteiger partial charge is 0.504 e. The van der Waals surface area contributed by atoms with Crippen molar-refractivity contribution in [2.75, 3.05) is 26.9 Å². The van der Waals surface area contributed by atoms with Crippen molar-refractivity contribution in [3.05, 3.63) is 23.8 Å². The Morgan fingerprint density at radius 1 is 1.06 bits per heavy atom. The van der Waals surface area contributed by atoms with E-state index in [1.54, 1.807) is 12.1 Å². The molecule has 12 nitrogen and oxygen atoms in total. The van der Waals surface area contributed by atoms with E-state index in [0.717, 1.165) is 5.56 Å². The van der Waals surface area contributed by atoms with Gasteiger partial charge in [-0.1, -0.05) is 6.07 Å². The van der Waals surface area contributed by atoms with Crippen molar-refractivity contribution in [1.82, 2.24) is 0 Å². The van der Waals surface area contributed by atoms with Crippen LogP contribution in [-0.2, 0) is 25.4 Å². The van der Waals surface area contributed by atoms with Crippen molar-refractivity contribution < 1.29 is 59.4 Å². The molecule has 2 heterocycles. The van der Waals surface area contributed by atoms with Gasteiger partial charge in [-0.15, -0.1) is 0 Å². The maximum Gasteiger partial charge on any atom is 0.192 e. The van der Waals surface area contributed by atoms with Crippen LogP contribution >= 0.6 is 0 Å². The Labute approximate surface area is 177 Å². The summed E-state index contributed by atoms with van der Waals surface area (Å²) in [5.41, 5.74) is -1.18. The number of aromatic hydroxyl groups is 1. The predicted octanol–water partition coefficient (Wildman–Crippen LogP) is -2.82. The molecule has 0 radical (unpaired) electrons. The van der Waals surface area contributed by atoms with Crippen molar-refractivity contribution in [2.24, 2.45) is 0 Å². The number of hydrogen-bond acceptors (Lipinski definition) is 12. The lowest BCUT2D eigenvalue weighted by molar-refractivity contribution is -0.375. The number of phenolic OH excluding ortho intramolecular Hbond substituents is 1. The third-order valence-corrected chi connectivity index (χ3v) is 5.29. The van der Waals surface area contributed by atoms with Gasteiger partial charge in [0.2, 0.25) is 0 Å². The molecular weight excluding hydrogens is 420 g/mol. The topological polar surface area (TPSA) is 188 Å². The highest BCUT2D eigenvalue weighted by molar-refractivity contribution is 5.41. The van der Waals surface area contributed by atoms with E-state index in [1.165, 1.54) is 13.2 Å². The highest BCUT2D eigenvalue weighted by Gasteiger charge is 2.52. The summed E-state index contributed by atoms with van der Waals surface area (Å²) in [5.74, 6) is 0.274. The van der Waals surface area contributed by atoms with Crippen LogP contribution in [0, 0.1) is 0 Å². The molecule has 0 aromatic heterocycles. The molecule has 3 rings (SSSR count). The molecule has 0 amide bonds. The number of methoxy groups -OCH3 is 1. The molecule has 8 atom stereocenters. The van der Waals surface area contributed by atoms with Gasteiger partial charge in [0.05, 0.1) is 26.9 Å². The predicted molar refractivity (Wildman–Crippen MR) is 99.9 cm³/mol. The Balaban J connectivity index is 1.58. The maximum atomic E-state index is 10.2. The van der Waals surface area contributed by atoms with Crippen LogP contribution in [0.15, 0.2) is 18.2 Å². The fourth-order valence-corrected chi connectivity index (χ4v) is 3.28. The summed E-state index contributed by atoms with van der Waals surface area (Å²) >= 11 is 0. The van der Waals surface area contributed by atoms with Crippen molar-refractivity contribution in [1.29, 1.82) is 0 Å². The molecule has 2 aliphatic rings. The summed E-state index contributed by atoms with van der Waals surface area (Å²) in [5, 5.41) is 69.3. The van der Waals surface area contributed by atoms with E-state index < -0.39 is 62.1 Å². The Bertz CT molecular complexity index is 732. The van der Waals surface area contributed by atoms with E-state index in [9.17, 15) is 35.7 Å². The molecule has 0 saturated carbocycles. The number of hydrogen-bond donors (Lipinski definition) is 7. The minimum atomic E-state index is -1.94. The van der Waals surface area contributed by atoms with Gasteiger partial charge >= 0.3 is 0 Å². The minimum absolute atomic E-state index is 0.0141. The first-order chi connectivity index (χ1) is 14.7. The van der Waals surface area contributed by atoms with Gasteiger partial charge < -0.3 is 59.4 Å². The second-order valence-electron chi connectivity index (χ2n) is 7.49. The molecule has 2 fully saturated rings. The van der Waals surface area contributed by atoms with Gasteiger partial charge in [-0.25, -0.2) is 0 Å². The van der Waals surface area contributed by atoms with Gasteiger partial charge in [0.25, 0.3) is 0 Å². The highest BCUT2D eigenvalue weighted by atomic mass is 16.8. The molecule has 12 heteroatoms. The minimum Gasteiger partial charge on any atom is -0.504 e. The zero-order chi connectivity index (χ0) is 22.8. The van der Waals surface area contributed by atoms with E-state index in [4.69, 9.17) is 23.7 Å². The number of aliphatic hydroxyl groups excluding tert-OH is 5. The normalized spacial score (nSPS) is 38.4. The molecule has 2 aliphatic heterocycles. The van der Waals surface area contributed by atoms with Crippen LogP contribution in [0.2, 0.25) is 0 Å². The molecule has 0 bridgehead atoms.